The van der Waals surface area contributed by atoms with Gasteiger partial charge in [-0.2, -0.15) is 5.10 Å². The molecular formula is C25H22N4O6S. The van der Waals surface area contributed by atoms with E-state index in [4.69, 9.17) is 9.47 Å². The minimum atomic E-state index is -0.999. The van der Waals surface area contributed by atoms with Gasteiger partial charge in [-0.15, -0.1) is 11.3 Å². The summed E-state index contributed by atoms with van der Waals surface area (Å²) in [5.74, 6) is -2.30. The van der Waals surface area contributed by atoms with Gasteiger partial charge in [-0.05, 0) is 53.4 Å². The molecular weight excluding hydrogens is 484 g/mol. The van der Waals surface area contributed by atoms with Crippen LogP contribution in [0.15, 0.2) is 71.1 Å². The highest BCUT2D eigenvalue weighted by Gasteiger charge is 2.23. The lowest BCUT2D eigenvalue weighted by molar-refractivity contribution is -0.136. The first-order valence-corrected chi connectivity index (χ1v) is 11.9. The Morgan fingerprint density at radius 1 is 0.944 bits per heavy atom. The van der Waals surface area contributed by atoms with Gasteiger partial charge < -0.3 is 19.7 Å². The number of rotatable bonds is 6. The summed E-state index contributed by atoms with van der Waals surface area (Å²) in [5, 5.41) is 8.04. The number of nitrogens with one attached hydrogen (secondary N) is 2. The van der Waals surface area contributed by atoms with Gasteiger partial charge in [0.05, 0.1) is 30.7 Å². The zero-order valence-corrected chi connectivity index (χ0v) is 19.8. The van der Waals surface area contributed by atoms with E-state index in [1.165, 1.54) is 17.6 Å². The molecule has 1 aliphatic rings. The van der Waals surface area contributed by atoms with Crippen molar-refractivity contribution in [3.05, 3.63) is 82.0 Å². The number of carbonyl (C=O) groups is 4. The molecule has 0 atom stereocenters. The summed E-state index contributed by atoms with van der Waals surface area (Å²) in [4.78, 5) is 51.5. The summed E-state index contributed by atoms with van der Waals surface area (Å²) < 4.78 is 10.5. The van der Waals surface area contributed by atoms with Crippen LogP contribution in [0.4, 0.5) is 5.69 Å². The second kappa shape index (κ2) is 11.9. The summed E-state index contributed by atoms with van der Waals surface area (Å²) in [6.45, 7) is 1.80. The topological polar surface area (TPSA) is 126 Å². The van der Waals surface area contributed by atoms with Gasteiger partial charge in [-0.25, -0.2) is 10.2 Å². The van der Waals surface area contributed by atoms with Gasteiger partial charge in [-0.1, -0.05) is 18.2 Å². The first-order chi connectivity index (χ1) is 17.5. The maximum Gasteiger partial charge on any atom is 0.353 e. The van der Waals surface area contributed by atoms with Crippen LogP contribution in [-0.4, -0.2) is 61.1 Å². The molecule has 2 heterocycles. The molecule has 1 aromatic heterocycles. The fourth-order valence-corrected chi connectivity index (χ4v) is 3.88. The number of hydrazone groups is 1. The van der Waals surface area contributed by atoms with Gasteiger partial charge in [-0.3, -0.25) is 14.4 Å². The Bertz CT molecular complexity index is 1270. The van der Waals surface area contributed by atoms with Crippen molar-refractivity contribution >= 4 is 46.9 Å². The van der Waals surface area contributed by atoms with Gasteiger partial charge in [0.2, 0.25) is 0 Å². The Balaban J connectivity index is 1.30. The summed E-state index contributed by atoms with van der Waals surface area (Å²) in [6.07, 6.45) is 1.34. The largest absolute Gasteiger partial charge is 0.422 e. The normalized spacial score (nSPS) is 13.3. The number of thiophene rings is 1. The van der Waals surface area contributed by atoms with Crippen molar-refractivity contribution in [2.45, 2.75) is 0 Å². The van der Waals surface area contributed by atoms with E-state index in [9.17, 15) is 19.2 Å². The maximum absolute atomic E-state index is 12.8. The number of hydrogen-bond donors (Lipinski definition) is 2. The first kappa shape index (κ1) is 24.8. The number of anilines is 1. The van der Waals surface area contributed by atoms with Crippen molar-refractivity contribution in [1.82, 2.24) is 10.3 Å². The van der Waals surface area contributed by atoms with Crippen molar-refractivity contribution < 1.29 is 28.7 Å². The van der Waals surface area contributed by atoms with E-state index in [0.29, 0.717) is 42.5 Å². The third-order valence-electron chi connectivity index (χ3n) is 5.10. The fourth-order valence-electron chi connectivity index (χ4n) is 3.28. The Morgan fingerprint density at radius 2 is 1.69 bits per heavy atom. The van der Waals surface area contributed by atoms with Crippen LogP contribution in [0.2, 0.25) is 0 Å². The third kappa shape index (κ3) is 6.40. The third-order valence-corrected chi connectivity index (χ3v) is 5.95. The molecule has 36 heavy (non-hydrogen) atoms. The van der Waals surface area contributed by atoms with Gasteiger partial charge in [0.25, 0.3) is 5.91 Å². The molecule has 1 aliphatic heterocycles. The average molecular weight is 507 g/mol. The molecule has 184 valence electrons. The predicted octanol–water partition coefficient (Wildman–Crippen LogP) is 2.53. The highest BCUT2D eigenvalue weighted by Crippen LogP contribution is 2.18. The van der Waals surface area contributed by atoms with Crippen LogP contribution in [0, 0.1) is 0 Å². The molecule has 0 unspecified atom stereocenters. The number of ether oxygens (including phenoxy) is 2. The molecule has 3 amide bonds. The summed E-state index contributed by atoms with van der Waals surface area (Å²) in [6, 6.07) is 16.4. The van der Waals surface area contributed by atoms with Crippen molar-refractivity contribution in [2.24, 2.45) is 5.10 Å². The average Bonchev–Trinajstić information content (AvgIpc) is 3.45. The maximum atomic E-state index is 12.8. The molecule has 2 aromatic carbocycles. The van der Waals surface area contributed by atoms with Gasteiger partial charge in [0.15, 0.2) is 0 Å². The minimum absolute atomic E-state index is 0.228. The van der Waals surface area contributed by atoms with E-state index in [0.717, 1.165) is 0 Å². The molecule has 1 fully saturated rings. The lowest BCUT2D eigenvalue weighted by Crippen LogP contribution is -2.41. The zero-order valence-electron chi connectivity index (χ0n) is 19.0. The molecule has 1 saturated heterocycles. The molecule has 2 N–H and O–H groups in total. The number of para-hydroxylation sites is 1. The van der Waals surface area contributed by atoms with Crippen LogP contribution >= 0.6 is 11.3 Å². The number of esters is 1. The molecule has 0 radical (unpaired) electrons. The number of amides is 3. The minimum Gasteiger partial charge on any atom is -0.422 e. The van der Waals surface area contributed by atoms with Crippen molar-refractivity contribution in [1.29, 1.82) is 0 Å². The standard InChI is InChI=1S/C25H22N4O6S/c30-22(27-20-5-2-1-4-19(20)24(32)29-11-13-34-14-12-29)23(31)28-26-16-17-7-9-18(10-8-17)35-25(33)21-6-3-15-36-21/h1-10,15-16H,11-14H2,(H,27,30)(H,28,31)/b26-16+. The Hall–Kier alpha value is -4.35. The van der Waals surface area contributed by atoms with E-state index in [1.54, 1.807) is 70.9 Å². The molecule has 0 saturated carbocycles. The summed E-state index contributed by atoms with van der Waals surface area (Å²) >= 11 is 1.29. The van der Waals surface area contributed by atoms with Gasteiger partial charge in [0, 0.05) is 13.1 Å². The van der Waals surface area contributed by atoms with Crippen LogP contribution in [0.5, 0.6) is 5.75 Å². The summed E-state index contributed by atoms with van der Waals surface area (Å²) in [7, 11) is 0. The molecule has 10 nitrogen and oxygen atoms in total. The Kier molecular flexibility index (Phi) is 8.16. The molecule has 11 heteroatoms. The van der Waals surface area contributed by atoms with Crippen LogP contribution < -0.4 is 15.5 Å². The molecule has 0 aliphatic carbocycles. The molecule has 0 bridgehead atoms. The van der Waals surface area contributed by atoms with E-state index in [1.807, 2.05) is 0 Å². The number of hydrogen-bond acceptors (Lipinski definition) is 8. The fraction of sp³-hybridized carbons (Fsp3) is 0.160. The van der Waals surface area contributed by atoms with E-state index < -0.39 is 17.8 Å². The van der Waals surface area contributed by atoms with Crippen molar-refractivity contribution in [3.63, 3.8) is 0 Å². The predicted molar refractivity (Wildman–Crippen MR) is 133 cm³/mol. The van der Waals surface area contributed by atoms with Gasteiger partial charge in [0.1, 0.15) is 10.6 Å². The zero-order chi connectivity index (χ0) is 25.3. The highest BCUT2D eigenvalue weighted by molar-refractivity contribution is 7.12. The quantitative estimate of drug-likeness (QED) is 0.174. The van der Waals surface area contributed by atoms with Crippen LogP contribution in [0.25, 0.3) is 0 Å². The number of nitrogens with zero attached hydrogens (tertiary/aromatic N) is 2. The Labute approximate surface area is 210 Å². The SMILES string of the molecule is O=C(N/N=C/c1ccc(OC(=O)c2cccs2)cc1)C(=O)Nc1ccccc1C(=O)N1CCOCC1. The lowest BCUT2D eigenvalue weighted by Gasteiger charge is -2.27. The smallest absolute Gasteiger partial charge is 0.353 e. The second-order valence-electron chi connectivity index (χ2n) is 7.54. The lowest BCUT2D eigenvalue weighted by atomic mass is 10.1. The number of morpholine rings is 1. The monoisotopic (exact) mass is 506 g/mol. The molecule has 4 rings (SSSR count). The molecule has 0 spiro atoms. The first-order valence-electron chi connectivity index (χ1n) is 11.0. The highest BCUT2D eigenvalue weighted by atomic mass is 32.1. The van der Waals surface area contributed by atoms with Crippen LogP contribution in [0.1, 0.15) is 25.6 Å². The van der Waals surface area contributed by atoms with E-state index in [2.05, 4.69) is 15.8 Å². The van der Waals surface area contributed by atoms with Crippen LogP contribution in [0.3, 0.4) is 0 Å². The van der Waals surface area contributed by atoms with Crippen LogP contribution in [-0.2, 0) is 14.3 Å². The van der Waals surface area contributed by atoms with E-state index in [-0.39, 0.29) is 17.2 Å². The Morgan fingerprint density at radius 3 is 2.42 bits per heavy atom. The second-order valence-corrected chi connectivity index (χ2v) is 8.49. The van der Waals surface area contributed by atoms with Crippen molar-refractivity contribution in [3.8, 4) is 5.75 Å². The number of carbonyl (C=O) groups excluding carboxylic acids is 4. The van der Waals surface area contributed by atoms with Crippen molar-refractivity contribution in [2.75, 3.05) is 31.6 Å². The number of benzene rings is 2. The van der Waals surface area contributed by atoms with Gasteiger partial charge >= 0.3 is 17.8 Å². The molecule has 3 aromatic rings. The summed E-state index contributed by atoms with van der Waals surface area (Å²) in [5.41, 5.74) is 3.26. The van der Waals surface area contributed by atoms with E-state index >= 15 is 0 Å².